The van der Waals surface area contributed by atoms with Crippen LogP contribution >= 0.6 is 0 Å². The lowest BCUT2D eigenvalue weighted by molar-refractivity contribution is 0.232. The normalized spacial score (nSPS) is 29.1. The molecular weight excluding hydrogens is 200 g/mol. The molecule has 0 radical (unpaired) electrons. The molecule has 94 valence electrons. The third-order valence-electron chi connectivity index (χ3n) is 3.88. The van der Waals surface area contributed by atoms with Crippen molar-refractivity contribution < 1.29 is 4.79 Å². The van der Waals surface area contributed by atoms with Crippen molar-refractivity contribution in [2.75, 3.05) is 6.54 Å². The van der Waals surface area contributed by atoms with Crippen LogP contribution in [0.15, 0.2) is 0 Å². The van der Waals surface area contributed by atoms with Crippen LogP contribution in [0.3, 0.4) is 0 Å². The third-order valence-corrected chi connectivity index (χ3v) is 3.88. The van der Waals surface area contributed by atoms with Gasteiger partial charge in [-0.05, 0) is 31.1 Å². The SMILES string of the molecule is CCCCNC(=O)NC1CCC(CC)C1C. The van der Waals surface area contributed by atoms with E-state index in [9.17, 15) is 4.79 Å². The Labute approximate surface area is 99.4 Å². The number of unbranched alkanes of at least 4 members (excludes halogenated alkanes) is 1. The van der Waals surface area contributed by atoms with E-state index in [2.05, 4.69) is 31.4 Å². The molecule has 1 aliphatic carbocycles. The van der Waals surface area contributed by atoms with Crippen LogP contribution in [0.5, 0.6) is 0 Å². The molecule has 1 rings (SSSR count). The molecule has 1 saturated carbocycles. The lowest BCUT2D eigenvalue weighted by atomic mass is 9.94. The van der Waals surface area contributed by atoms with Crippen molar-refractivity contribution in [2.45, 2.75) is 58.9 Å². The van der Waals surface area contributed by atoms with Crippen LogP contribution in [0.1, 0.15) is 52.9 Å². The van der Waals surface area contributed by atoms with Crippen molar-refractivity contribution >= 4 is 6.03 Å². The predicted octanol–water partition coefficient (Wildman–Crippen LogP) is 2.91. The lowest BCUT2D eigenvalue weighted by Crippen LogP contribution is -2.44. The summed E-state index contributed by atoms with van der Waals surface area (Å²) in [5.74, 6) is 1.42. The van der Waals surface area contributed by atoms with Crippen LogP contribution in [0.25, 0.3) is 0 Å². The molecule has 2 N–H and O–H groups in total. The Morgan fingerprint density at radius 1 is 1.31 bits per heavy atom. The molecule has 16 heavy (non-hydrogen) atoms. The molecule has 1 fully saturated rings. The molecule has 0 bridgehead atoms. The minimum Gasteiger partial charge on any atom is -0.338 e. The van der Waals surface area contributed by atoms with Crippen molar-refractivity contribution in [3.05, 3.63) is 0 Å². The fourth-order valence-electron chi connectivity index (χ4n) is 2.63. The molecule has 0 aromatic heterocycles. The summed E-state index contributed by atoms with van der Waals surface area (Å²) in [6.07, 6.45) is 5.82. The second kappa shape index (κ2) is 6.77. The van der Waals surface area contributed by atoms with E-state index in [1.54, 1.807) is 0 Å². The highest BCUT2D eigenvalue weighted by molar-refractivity contribution is 5.74. The first-order chi connectivity index (χ1) is 7.69. The van der Waals surface area contributed by atoms with Gasteiger partial charge in [0.05, 0.1) is 0 Å². The first kappa shape index (κ1) is 13.3. The molecule has 2 amide bonds. The average Bonchev–Trinajstić information content (AvgIpc) is 2.60. The third kappa shape index (κ3) is 3.69. The van der Waals surface area contributed by atoms with Crippen LogP contribution in [-0.4, -0.2) is 18.6 Å². The topological polar surface area (TPSA) is 41.1 Å². The van der Waals surface area contributed by atoms with Crippen molar-refractivity contribution in [3.8, 4) is 0 Å². The van der Waals surface area contributed by atoms with Gasteiger partial charge in [0.25, 0.3) is 0 Å². The molecule has 0 saturated heterocycles. The van der Waals surface area contributed by atoms with Crippen LogP contribution in [0, 0.1) is 11.8 Å². The van der Waals surface area contributed by atoms with E-state index in [1.165, 1.54) is 12.8 Å². The summed E-state index contributed by atoms with van der Waals surface area (Å²) in [7, 11) is 0. The molecule has 3 atom stereocenters. The number of hydrogen-bond acceptors (Lipinski definition) is 1. The Balaban J connectivity index is 2.24. The first-order valence-corrected chi connectivity index (χ1v) is 6.73. The average molecular weight is 226 g/mol. The van der Waals surface area contributed by atoms with Gasteiger partial charge >= 0.3 is 6.03 Å². The van der Waals surface area contributed by atoms with Crippen molar-refractivity contribution in [1.29, 1.82) is 0 Å². The van der Waals surface area contributed by atoms with Gasteiger partial charge in [0.15, 0.2) is 0 Å². The Kier molecular flexibility index (Phi) is 5.64. The fraction of sp³-hybridized carbons (Fsp3) is 0.923. The number of hydrogen-bond donors (Lipinski definition) is 2. The number of carbonyl (C=O) groups excluding carboxylic acids is 1. The molecule has 0 aromatic carbocycles. The second-order valence-corrected chi connectivity index (χ2v) is 4.97. The van der Waals surface area contributed by atoms with Gasteiger partial charge in [0.2, 0.25) is 0 Å². The van der Waals surface area contributed by atoms with E-state index < -0.39 is 0 Å². The molecule has 3 nitrogen and oxygen atoms in total. The van der Waals surface area contributed by atoms with Gasteiger partial charge in [-0.3, -0.25) is 0 Å². The highest BCUT2D eigenvalue weighted by Crippen LogP contribution is 2.33. The van der Waals surface area contributed by atoms with Crippen LogP contribution in [0.4, 0.5) is 4.79 Å². The second-order valence-electron chi connectivity index (χ2n) is 4.97. The first-order valence-electron chi connectivity index (χ1n) is 6.73. The van der Waals surface area contributed by atoms with E-state index in [-0.39, 0.29) is 6.03 Å². The Bertz CT molecular complexity index is 218. The van der Waals surface area contributed by atoms with Crippen molar-refractivity contribution in [1.82, 2.24) is 10.6 Å². The minimum absolute atomic E-state index is 0.0158. The van der Waals surface area contributed by atoms with Gasteiger partial charge < -0.3 is 10.6 Å². The summed E-state index contributed by atoms with van der Waals surface area (Å²) in [4.78, 5) is 11.6. The van der Waals surface area contributed by atoms with Gasteiger partial charge in [-0.25, -0.2) is 4.79 Å². The van der Waals surface area contributed by atoms with Gasteiger partial charge in [0.1, 0.15) is 0 Å². The molecule has 0 aromatic rings. The smallest absolute Gasteiger partial charge is 0.315 e. The molecule has 3 unspecified atom stereocenters. The van der Waals surface area contributed by atoms with E-state index in [1.807, 2.05) is 0 Å². The summed E-state index contributed by atoms with van der Waals surface area (Å²) >= 11 is 0. The van der Waals surface area contributed by atoms with E-state index in [4.69, 9.17) is 0 Å². The number of urea groups is 1. The van der Waals surface area contributed by atoms with Gasteiger partial charge in [-0.15, -0.1) is 0 Å². The summed E-state index contributed by atoms with van der Waals surface area (Å²) < 4.78 is 0. The van der Waals surface area contributed by atoms with Crippen molar-refractivity contribution in [2.24, 2.45) is 11.8 Å². The highest BCUT2D eigenvalue weighted by Gasteiger charge is 2.32. The maximum Gasteiger partial charge on any atom is 0.315 e. The maximum absolute atomic E-state index is 11.6. The Hall–Kier alpha value is -0.730. The van der Waals surface area contributed by atoms with Crippen LogP contribution in [-0.2, 0) is 0 Å². The highest BCUT2D eigenvalue weighted by atomic mass is 16.2. The summed E-state index contributed by atoms with van der Waals surface area (Å²) in [6, 6.07) is 0.397. The predicted molar refractivity (Wildman–Crippen MR) is 67.4 cm³/mol. The van der Waals surface area contributed by atoms with E-state index in [0.29, 0.717) is 12.0 Å². The van der Waals surface area contributed by atoms with Gasteiger partial charge in [-0.1, -0.05) is 33.6 Å². The molecule has 0 spiro atoms. The summed E-state index contributed by atoms with van der Waals surface area (Å²) in [5.41, 5.74) is 0. The number of rotatable bonds is 5. The Morgan fingerprint density at radius 2 is 2.06 bits per heavy atom. The number of nitrogens with one attached hydrogen (secondary N) is 2. The largest absolute Gasteiger partial charge is 0.338 e. The molecule has 1 aliphatic rings. The molecule has 3 heteroatoms. The Morgan fingerprint density at radius 3 is 2.62 bits per heavy atom. The lowest BCUT2D eigenvalue weighted by Gasteiger charge is -2.21. The minimum atomic E-state index is 0.0158. The number of carbonyl (C=O) groups is 1. The fourth-order valence-corrected chi connectivity index (χ4v) is 2.63. The van der Waals surface area contributed by atoms with Crippen molar-refractivity contribution in [3.63, 3.8) is 0 Å². The van der Waals surface area contributed by atoms with Gasteiger partial charge in [0, 0.05) is 12.6 Å². The zero-order chi connectivity index (χ0) is 12.0. The standard InChI is InChI=1S/C13H26N2O/c1-4-6-9-14-13(16)15-12-8-7-11(5-2)10(12)3/h10-12H,4-9H2,1-3H3,(H2,14,15,16). The number of amides is 2. The molecule has 0 heterocycles. The van der Waals surface area contributed by atoms with Crippen LogP contribution in [0.2, 0.25) is 0 Å². The zero-order valence-electron chi connectivity index (χ0n) is 10.9. The monoisotopic (exact) mass is 226 g/mol. The maximum atomic E-state index is 11.6. The van der Waals surface area contributed by atoms with Gasteiger partial charge in [-0.2, -0.15) is 0 Å². The van der Waals surface area contributed by atoms with Crippen LogP contribution < -0.4 is 10.6 Å². The molecular formula is C13H26N2O. The van der Waals surface area contributed by atoms with E-state index in [0.717, 1.165) is 31.7 Å². The zero-order valence-corrected chi connectivity index (χ0v) is 10.9. The molecule has 0 aliphatic heterocycles. The van der Waals surface area contributed by atoms with E-state index >= 15 is 0 Å². The summed E-state index contributed by atoms with van der Waals surface area (Å²) in [6.45, 7) is 7.42. The summed E-state index contributed by atoms with van der Waals surface area (Å²) in [5, 5.41) is 6.02. The quantitative estimate of drug-likeness (QED) is 0.695.